The molecule has 7 heterocycles. The number of hydrogen-bond donors (Lipinski definition) is 0. The minimum Gasteiger partial charge on any atom is -0.445 e. The zero-order valence-corrected chi connectivity index (χ0v) is 71.2. The maximum absolute atomic E-state index is 5.50. The van der Waals surface area contributed by atoms with Gasteiger partial charge in [-0.05, 0) is 201 Å². The number of oxazole rings is 1. The van der Waals surface area contributed by atoms with Gasteiger partial charge in [-0.15, -0.1) is 10.2 Å². The summed E-state index contributed by atoms with van der Waals surface area (Å²) in [7, 11) is 0. The number of nitrogens with zero attached hydrogens (tertiary/aromatic N) is 15. The third kappa shape index (κ3) is 48.6. The first-order valence-corrected chi connectivity index (χ1v) is 39.8. The molecule has 0 unspecified atom stereocenters. The van der Waals surface area contributed by atoms with Gasteiger partial charge in [0.15, 0.2) is 5.89 Å². The lowest BCUT2D eigenvalue weighted by Crippen LogP contribution is -2.01. The van der Waals surface area contributed by atoms with Gasteiger partial charge in [-0.1, -0.05) is 203 Å². The summed E-state index contributed by atoms with van der Waals surface area (Å²) < 4.78 is 17.8. The number of imidazole rings is 2. The summed E-state index contributed by atoms with van der Waals surface area (Å²) >= 11 is 0. The Balaban J connectivity index is 0.00000114. The van der Waals surface area contributed by atoms with Crippen molar-refractivity contribution in [3.8, 4) is 0 Å². The van der Waals surface area contributed by atoms with Gasteiger partial charge in [0.05, 0.1) is 54.0 Å². The van der Waals surface area contributed by atoms with Crippen molar-refractivity contribution in [3.05, 3.63) is 126 Å². The Labute approximate surface area is 620 Å². The van der Waals surface area contributed by atoms with Crippen molar-refractivity contribution in [2.75, 3.05) is 0 Å². The second-order valence-electron chi connectivity index (χ2n) is 33.7. The van der Waals surface area contributed by atoms with Gasteiger partial charge in [-0.3, -0.25) is 14.0 Å². The van der Waals surface area contributed by atoms with Gasteiger partial charge in [0.25, 0.3) is 0 Å². The molecule has 0 aliphatic rings. The van der Waals surface area contributed by atoms with Gasteiger partial charge in [0, 0.05) is 86.8 Å². The molecule has 16 nitrogen and oxygen atoms in total. The zero-order chi connectivity index (χ0) is 76.9. The van der Waals surface area contributed by atoms with Crippen LogP contribution in [-0.4, -0.2) is 73.6 Å². The third-order valence-corrected chi connectivity index (χ3v) is 16.6. The average molecular weight is 1410 g/mol. The predicted octanol–water partition coefficient (Wildman–Crippen LogP) is 24.4. The maximum Gasteiger partial charge on any atom is 0.196 e. The molecule has 0 saturated carbocycles. The zero-order valence-electron chi connectivity index (χ0n) is 71.2. The van der Waals surface area contributed by atoms with Crippen LogP contribution in [0.5, 0.6) is 0 Å². The first kappa shape index (κ1) is 95.1. The largest absolute Gasteiger partial charge is 0.445 e. The SMILES string of the molecule is CC(C)CCC=CCCC(C)C.CC(C)CCc1cn(CCC(C)C)cn1.CC(C)CCc1cn(CCC(C)C)nn1.CC(C)CCc1cnn(CCC(C)C)c1.CC(C)c1cn(C(C)C)cn1.CC(C)c1cn(C(C)C)nn1.CC(C)c1cnc(C(C)C)o1.CC(C)c1cnn(C(C)C)c1. The van der Waals surface area contributed by atoms with Crippen molar-refractivity contribution in [3.63, 3.8) is 0 Å². The summed E-state index contributed by atoms with van der Waals surface area (Å²) in [6.45, 7) is 73.4. The van der Waals surface area contributed by atoms with Crippen LogP contribution in [0.2, 0.25) is 0 Å². The Morgan fingerprint density at radius 1 is 0.356 bits per heavy atom. The van der Waals surface area contributed by atoms with Crippen molar-refractivity contribution in [2.24, 2.45) is 47.3 Å². The van der Waals surface area contributed by atoms with Gasteiger partial charge < -0.3 is 13.6 Å². The van der Waals surface area contributed by atoms with Crippen LogP contribution in [0.4, 0.5) is 0 Å². The standard InChI is InChI=1S/2C13H24N2.C12H23N3.C12H24.2C9H16N2.C9H15NO.C8H15N3/c1-11(2)5-6-13-9-15(10-14-13)8-7-12(3)4;1-11(2)5-6-13-9-14-15(10-13)8-7-12(3)4;1-10(2)5-6-12-9-15(14-13-12)8-7-11(3)4;1-11(2)9-7-5-6-8-10-12(3)4;1-7(2)9-5-11(6-10-9)8(3)4;1-7(2)9-5-10-11(6-9)8(3)4;1-6(2)8-5-10-9(11-8)7(3)4;1-6(2)8-5-11(7(3)4)10-9-8/h2*9-12H,5-8H2,1-4H3;9-11H,5-8H2,1-4H3;5-6,11-12H,7-10H2,1-4H3;2*5-8H,1-4H3;2*5-7H,1-4H3. The Hall–Kier alpha value is -5.93. The summed E-state index contributed by atoms with van der Waals surface area (Å²) in [4.78, 5) is 12.9. The Morgan fingerprint density at radius 2 is 0.861 bits per heavy atom. The van der Waals surface area contributed by atoms with E-state index in [-0.39, 0.29) is 0 Å². The molecule has 7 aromatic rings. The van der Waals surface area contributed by atoms with E-state index in [9.17, 15) is 0 Å². The van der Waals surface area contributed by atoms with E-state index < -0.39 is 0 Å². The minimum atomic E-state index is 0.391. The molecule has 0 bridgehead atoms. The second kappa shape index (κ2) is 53.8. The number of aryl methyl sites for hydroxylation is 6. The van der Waals surface area contributed by atoms with Gasteiger partial charge >= 0.3 is 0 Å². The van der Waals surface area contributed by atoms with Crippen LogP contribution in [-0.2, 0) is 38.9 Å². The van der Waals surface area contributed by atoms with Crippen LogP contribution in [0.15, 0.2) is 85.0 Å². The number of hydrogen-bond acceptors (Lipinski definition) is 10. The summed E-state index contributed by atoms with van der Waals surface area (Å²) in [5.74, 6) is 10.5. The minimum absolute atomic E-state index is 0.391. The molecule has 0 N–H and O–H groups in total. The van der Waals surface area contributed by atoms with E-state index in [0.717, 1.165) is 103 Å². The molecular weight excluding hydrogens is 1250 g/mol. The normalized spacial score (nSPS) is 11.6. The Bertz CT molecular complexity index is 2520. The van der Waals surface area contributed by atoms with Crippen LogP contribution in [0.25, 0.3) is 0 Å². The molecule has 16 heteroatoms. The molecule has 0 aliphatic carbocycles. The van der Waals surface area contributed by atoms with E-state index >= 15 is 0 Å². The highest BCUT2D eigenvalue weighted by Gasteiger charge is 2.12. The average Bonchev–Trinajstić information content (AvgIpc) is 1.80. The van der Waals surface area contributed by atoms with Crippen LogP contribution in [0, 0.1) is 47.3 Å². The maximum atomic E-state index is 5.50. The van der Waals surface area contributed by atoms with E-state index in [1.54, 1.807) is 0 Å². The smallest absolute Gasteiger partial charge is 0.196 e. The molecule has 7 rings (SSSR count). The van der Waals surface area contributed by atoms with Gasteiger partial charge in [-0.25, -0.2) is 19.6 Å². The molecule has 578 valence electrons. The highest BCUT2D eigenvalue weighted by atomic mass is 16.4. The van der Waals surface area contributed by atoms with Crippen molar-refractivity contribution in [2.45, 2.75) is 372 Å². The summed E-state index contributed by atoms with van der Waals surface area (Å²) in [5, 5.41) is 25.0. The monoisotopic (exact) mass is 1400 g/mol. The molecule has 0 atom stereocenters. The van der Waals surface area contributed by atoms with Crippen molar-refractivity contribution in [1.29, 1.82) is 0 Å². The number of rotatable bonds is 32. The summed E-state index contributed by atoms with van der Waals surface area (Å²) in [6, 6.07) is 1.41. The van der Waals surface area contributed by atoms with E-state index in [2.05, 4.69) is 324 Å². The van der Waals surface area contributed by atoms with Gasteiger partial charge in [0.1, 0.15) is 5.76 Å². The van der Waals surface area contributed by atoms with Crippen LogP contribution >= 0.6 is 0 Å². The number of aromatic nitrogens is 15. The lowest BCUT2D eigenvalue weighted by atomic mass is 10.1. The van der Waals surface area contributed by atoms with E-state index in [1.165, 1.54) is 93.1 Å². The fourth-order valence-electron chi connectivity index (χ4n) is 9.00. The fraction of sp³-hybridized carbons (Fsp3) is 0.753. The Morgan fingerprint density at radius 3 is 1.26 bits per heavy atom. The van der Waals surface area contributed by atoms with Crippen molar-refractivity contribution >= 4 is 0 Å². The summed E-state index contributed by atoms with van der Waals surface area (Å²) in [6.07, 6.45) is 42.9. The van der Waals surface area contributed by atoms with Gasteiger partial charge in [-0.2, -0.15) is 10.2 Å². The topological polar surface area (TPSA) is 159 Å². The van der Waals surface area contributed by atoms with E-state index in [4.69, 9.17) is 4.42 Å². The van der Waals surface area contributed by atoms with E-state index in [0.29, 0.717) is 47.7 Å². The molecule has 0 amide bonds. The molecule has 0 spiro atoms. The quantitative estimate of drug-likeness (QED) is 0.0372. The summed E-state index contributed by atoms with van der Waals surface area (Å²) in [5.41, 5.74) is 7.32. The highest BCUT2D eigenvalue weighted by Crippen LogP contribution is 2.21. The van der Waals surface area contributed by atoms with Crippen LogP contribution in [0.3, 0.4) is 0 Å². The Kier molecular flexibility index (Phi) is 50.6. The molecule has 7 aromatic heterocycles. The molecule has 0 fully saturated rings. The van der Waals surface area contributed by atoms with Crippen molar-refractivity contribution < 1.29 is 4.42 Å². The second-order valence-corrected chi connectivity index (χ2v) is 33.7. The molecular formula is C85H157N15O. The van der Waals surface area contributed by atoms with Gasteiger partial charge in [0.2, 0.25) is 0 Å². The predicted molar refractivity (Wildman–Crippen MR) is 432 cm³/mol. The van der Waals surface area contributed by atoms with E-state index in [1.807, 2.05) is 51.5 Å². The molecule has 0 aliphatic heterocycles. The number of allylic oxidation sites excluding steroid dienone is 2. The molecule has 0 radical (unpaired) electrons. The lowest BCUT2D eigenvalue weighted by molar-refractivity contribution is 0.422. The highest BCUT2D eigenvalue weighted by molar-refractivity contribution is 5.09. The first-order valence-electron chi connectivity index (χ1n) is 39.8. The molecule has 0 saturated heterocycles. The van der Waals surface area contributed by atoms with Crippen LogP contribution < -0.4 is 0 Å². The fourth-order valence-corrected chi connectivity index (χ4v) is 9.00. The first-order chi connectivity index (χ1) is 47.3. The molecule has 0 aromatic carbocycles. The lowest BCUT2D eigenvalue weighted by Gasteiger charge is -2.04. The molecule has 101 heavy (non-hydrogen) atoms. The van der Waals surface area contributed by atoms with Crippen molar-refractivity contribution in [1.82, 2.24) is 73.6 Å². The third-order valence-electron chi connectivity index (χ3n) is 16.6. The van der Waals surface area contributed by atoms with Crippen LogP contribution in [0.1, 0.15) is 379 Å².